The molecule has 0 spiro atoms. The first-order chi connectivity index (χ1) is 10.7. The summed E-state index contributed by atoms with van der Waals surface area (Å²) in [6.45, 7) is 7.87. The molecule has 0 bridgehead atoms. The molecule has 0 saturated heterocycles. The van der Waals surface area contributed by atoms with Crippen molar-refractivity contribution in [3.63, 3.8) is 0 Å². The zero-order valence-corrected chi connectivity index (χ0v) is 14.7. The Morgan fingerprint density at radius 2 is 1.43 bits per heavy atom. The van der Waals surface area contributed by atoms with Gasteiger partial charge in [0.25, 0.3) is 0 Å². The van der Waals surface area contributed by atoms with Crippen LogP contribution in [0.2, 0.25) is 0 Å². The monoisotopic (exact) mass is 342 g/mol. The van der Waals surface area contributed by atoms with Crippen molar-refractivity contribution in [1.82, 2.24) is 4.90 Å². The Kier molecular flexibility index (Phi) is 41.4. The van der Waals surface area contributed by atoms with Gasteiger partial charge in [0.1, 0.15) is 0 Å². The van der Waals surface area contributed by atoms with E-state index in [0.717, 1.165) is 52.0 Å². The minimum absolute atomic E-state index is 0. The molecule has 0 aromatic carbocycles. The smallest absolute Gasteiger partial charge is 0.0905 e. The van der Waals surface area contributed by atoms with Gasteiger partial charge in [-0.15, -0.1) is 24.8 Å². The number of terminal acetylenes is 1. The summed E-state index contributed by atoms with van der Waals surface area (Å²) in [5, 5.41) is 15.9. The standard InChI is InChI=1S/C10H17N3.C3H10N2.C3H3N.ClH/c1-2-3-8-13(9-4-6-11)10-5-7-12;4-2-1-3-5;1-2-3-4;/h1H,3-6,8-11H2;1-5H2;2H,1H2;1H. The highest BCUT2D eigenvalue weighted by Gasteiger charge is 2.01. The number of hydrogen-bond acceptors (Lipinski definition) is 6. The van der Waals surface area contributed by atoms with E-state index >= 15 is 0 Å². The van der Waals surface area contributed by atoms with E-state index in [1.54, 1.807) is 6.07 Å². The van der Waals surface area contributed by atoms with Crippen molar-refractivity contribution in [1.29, 1.82) is 10.5 Å². The molecule has 0 heterocycles. The van der Waals surface area contributed by atoms with E-state index < -0.39 is 0 Å². The van der Waals surface area contributed by atoms with Crippen LogP contribution >= 0.6 is 12.4 Å². The third-order valence-corrected chi connectivity index (χ3v) is 2.29. The third-order valence-electron chi connectivity index (χ3n) is 2.29. The van der Waals surface area contributed by atoms with Crippen LogP contribution < -0.4 is 17.2 Å². The van der Waals surface area contributed by atoms with Gasteiger partial charge in [0.15, 0.2) is 0 Å². The molecule has 0 aromatic rings. The fourth-order valence-electron chi connectivity index (χ4n) is 1.20. The summed E-state index contributed by atoms with van der Waals surface area (Å²) in [4.78, 5) is 2.19. The SMILES string of the molecule is C#CCCN(CCC#N)CCCN.C=CC#N.Cl.NCCCN. The molecule has 0 aliphatic rings. The highest BCUT2D eigenvalue weighted by atomic mass is 35.5. The average molecular weight is 343 g/mol. The fourth-order valence-corrected chi connectivity index (χ4v) is 1.20. The lowest BCUT2D eigenvalue weighted by Crippen LogP contribution is -2.28. The zero-order chi connectivity index (χ0) is 17.5. The normalized spacial score (nSPS) is 7.87. The van der Waals surface area contributed by atoms with Crippen LogP contribution in [-0.2, 0) is 0 Å². The molecule has 0 aromatic heterocycles. The molecule has 0 aliphatic carbocycles. The van der Waals surface area contributed by atoms with Crippen molar-refractivity contribution >= 4 is 12.4 Å². The fraction of sp³-hybridized carbons (Fsp3) is 0.625. The minimum atomic E-state index is 0. The molecule has 0 radical (unpaired) electrons. The second kappa shape index (κ2) is 32.4. The number of nitrogens with two attached hydrogens (primary N) is 3. The van der Waals surface area contributed by atoms with Crippen LogP contribution in [-0.4, -0.2) is 44.2 Å². The highest BCUT2D eigenvalue weighted by Crippen LogP contribution is 1.95. The van der Waals surface area contributed by atoms with Crippen molar-refractivity contribution in [2.75, 3.05) is 39.3 Å². The Morgan fingerprint density at radius 1 is 0.957 bits per heavy atom. The van der Waals surface area contributed by atoms with Gasteiger partial charge in [0.05, 0.1) is 12.1 Å². The Balaban J connectivity index is -0.000000150. The average Bonchev–Trinajstić information content (AvgIpc) is 2.55. The number of rotatable bonds is 9. The first-order valence-corrected chi connectivity index (χ1v) is 7.31. The van der Waals surface area contributed by atoms with Crippen LogP contribution in [0.25, 0.3) is 0 Å². The molecule has 0 rings (SSSR count). The predicted molar refractivity (Wildman–Crippen MR) is 99.6 cm³/mol. The minimum Gasteiger partial charge on any atom is -0.330 e. The molecule has 6 N–H and O–H groups in total. The summed E-state index contributed by atoms with van der Waals surface area (Å²) < 4.78 is 0. The van der Waals surface area contributed by atoms with Gasteiger partial charge in [0, 0.05) is 32.0 Å². The Labute approximate surface area is 147 Å². The molecule has 0 amide bonds. The molecule has 0 saturated carbocycles. The molecule has 0 aliphatic heterocycles. The highest BCUT2D eigenvalue weighted by molar-refractivity contribution is 5.85. The van der Waals surface area contributed by atoms with E-state index in [9.17, 15) is 0 Å². The zero-order valence-electron chi connectivity index (χ0n) is 13.9. The summed E-state index contributed by atoms with van der Waals surface area (Å²) in [5.41, 5.74) is 15.5. The largest absolute Gasteiger partial charge is 0.330 e. The van der Waals surface area contributed by atoms with Crippen LogP contribution in [0, 0.1) is 35.0 Å². The molecule has 132 valence electrons. The van der Waals surface area contributed by atoms with E-state index in [2.05, 4.69) is 23.5 Å². The lowest BCUT2D eigenvalue weighted by Gasteiger charge is -2.19. The van der Waals surface area contributed by atoms with Gasteiger partial charge in [0.2, 0.25) is 0 Å². The Morgan fingerprint density at radius 3 is 1.74 bits per heavy atom. The van der Waals surface area contributed by atoms with E-state index in [1.807, 2.05) is 0 Å². The van der Waals surface area contributed by atoms with E-state index in [4.69, 9.17) is 34.1 Å². The van der Waals surface area contributed by atoms with Gasteiger partial charge in [-0.3, -0.25) is 0 Å². The molecule has 7 heteroatoms. The third kappa shape index (κ3) is 38.5. The molecular weight excluding hydrogens is 312 g/mol. The first kappa shape index (κ1) is 29.4. The maximum Gasteiger partial charge on any atom is 0.0905 e. The molecule has 23 heavy (non-hydrogen) atoms. The summed E-state index contributed by atoms with van der Waals surface area (Å²) in [6, 6.07) is 3.82. The quantitative estimate of drug-likeness (QED) is 0.423. The summed E-state index contributed by atoms with van der Waals surface area (Å²) >= 11 is 0. The van der Waals surface area contributed by atoms with Crippen LogP contribution in [0.4, 0.5) is 0 Å². The van der Waals surface area contributed by atoms with Gasteiger partial charge >= 0.3 is 0 Å². The van der Waals surface area contributed by atoms with Crippen LogP contribution in [0.15, 0.2) is 12.7 Å². The van der Waals surface area contributed by atoms with E-state index in [1.165, 1.54) is 6.08 Å². The number of allylic oxidation sites excluding steroid dienone is 1. The second-order valence-corrected chi connectivity index (χ2v) is 4.11. The van der Waals surface area contributed by atoms with Crippen molar-refractivity contribution in [2.45, 2.75) is 25.7 Å². The number of nitriles is 2. The number of nitrogens with zero attached hydrogens (tertiary/aromatic N) is 3. The van der Waals surface area contributed by atoms with Crippen LogP contribution in [0.1, 0.15) is 25.7 Å². The van der Waals surface area contributed by atoms with Crippen LogP contribution in [0.5, 0.6) is 0 Å². The Bertz CT molecular complexity index is 320. The first-order valence-electron chi connectivity index (χ1n) is 7.31. The maximum atomic E-state index is 8.42. The predicted octanol–water partition coefficient (Wildman–Crippen LogP) is 0.986. The van der Waals surface area contributed by atoms with Crippen LogP contribution in [0.3, 0.4) is 0 Å². The van der Waals surface area contributed by atoms with E-state index in [0.29, 0.717) is 13.0 Å². The van der Waals surface area contributed by atoms with Gasteiger partial charge in [-0.05, 0) is 39.0 Å². The van der Waals surface area contributed by atoms with Gasteiger partial charge < -0.3 is 22.1 Å². The number of hydrogen-bond donors (Lipinski definition) is 3. The molecular formula is C16H31ClN6. The lowest BCUT2D eigenvalue weighted by atomic mass is 10.3. The summed E-state index contributed by atoms with van der Waals surface area (Å²) in [7, 11) is 0. The molecule has 0 fully saturated rings. The Hall–Kier alpha value is -1.59. The number of halogens is 1. The topological polar surface area (TPSA) is 129 Å². The van der Waals surface area contributed by atoms with Gasteiger partial charge in [-0.25, -0.2) is 0 Å². The molecule has 0 unspecified atom stereocenters. The summed E-state index contributed by atoms with van der Waals surface area (Å²) in [5.74, 6) is 2.60. The second-order valence-electron chi connectivity index (χ2n) is 4.11. The summed E-state index contributed by atoms with van der Waals surface area (Å²) in [6.07, 6.45) is 9.57. The lowest BCUT2D eigenvalue weighted by molar-refractivity contribution is 0.284. The van der Waals surface area contributed by atoms with Gasteiger partial charge in [-0.1, -0.05) is 6.58 Å². The molecule has 6 nitrogen and oxygen atoms in total. The van der Waals surface area contributed by atoms with Gasteiger partial charge in [-0.2, -0.15) is 10.5 Å². The van der Waals surface area contributed by atoms with Crippen molar-refractivity contribution < 1.29 is 0 Å². The van der Waals surface area contributed by atoms with Crippen molar-refractivity contribution in [2.24, 2.45) is 17.2 Å². The van der Waals surface area contributed by atoms with Crippen molar-refractivity contribution in [3.8, 4) is 24.5 Å². The molecule has 0 atom stereocenters. The van der Waals surface area contributed by atoms with E-state index in [-0.39, 0.29) is 12.4 Å². The van der Waals surface area contributed by atoms with Crippen molar-refractivity contribution in [3.05, 3.63) is 12.7 Å². The maximum absolute atomic E-state index is 8.42.